The molecule has 1 amide bonds. The van der Waals surface area contributed by atoms with E-state index in [2.05, 4.69) is 16.3 Å². The van der Waals surface area contributed by atoms with Gasteiger partial charge in [0.25, 0.3) is 0 Å². The summed E-state index contributed by atoms with van der Waals surface area (Å²) in [5.41, 5.74) is 3.11. The topological polar surface area (TPSA) is 32.3 Å². The monoisotopic (exact) mass is 268 g/mol. The van der Waals surface area contributed by atoms with Gasteiger partial charge in [-0.2, -0.15) is 0 Å². The summed E-state index contributed by atoms with van der Waals surface area (Å²) in [7, 11) is 4.06. The zero-order valence-electron chi connectivity index (χ0n) is 12.0. The van der Waals surface area contributed by atoms with E-state index in [0.29, 0.717) is 6.42 Å². The minimum absolute atomic E-state index is 0.0161. The summed E-state index contributed by atoms with van der Waals surface area (Å²) in [5, 5.41) is 2.92. The van der Waals surface area contributed by atoms with Crippen LogP contribution < -0.4 is 5.32 Å². The number of hydrogen-bond acceptors (Lipinski definition) is 2. The molecule has 0 unspecified atom stereocenters. The Balaban J connectivity index is 2.04. The van der Waals surface area contributed by atoms with Crippen LogP contribution in [-0.2, 0) is 17.8 Å². The van der Waals surface area contributed by atoms with Crippen LogP contribution in [0.3, 0.4) is 0 Å². The Kier molecular flexibility index (Phi) is 4.91. The Morgan fingerprint density at radius 1 is 0.950 bits per heavy atom. The van der Waals surface area contributed by atoms with Crippen LogP contribution in [0, 0.1) is 0 Å². The number of nitrogens with one attached hydrogen (secondary N) is 1. The highest BCUT2D eigenvalue weighted by molar-refractivity contribution is 5.92. The second-order valence-electron chi connectivity index (χ2n) is 5.10. The van der Waals surface area contributed by atoms with Crippen molar-refractivity contribution in [3.8, 4) is 0 Å². The summed E-state index contributed by atoms with van der Waals surface area (Å²) in [4.78, 5) is 14.2. The third kappa shape index (κ3) is 4.21. The second-order valence-corrected chi connectivity index (χ2v) is 5.10. The molecule has 0 aliphatic heterocycles. The normalized spacial score (nSPS) is 10.6. The predicted molar refractivity (Wildman–Crippen MR) is 82.6 cm³/mol. The first-order valence-corrected chi connectivity index (χ1v) is 6.71. The van der Waals surface area contributed by atoms with Gasteiger partial charge in [-0.25, -0.2) is 0 Å². The van der Waals surface area contributed by atoms with Crippen molar-refractivity contribution < 1.29 is 4.79 Å². The molecule has 0 aliphatic carbocycles. The van der Waals surface area contributed by atoms with Gasteiger partial charge in [-0.3, -0.25) is 4.79 Å². The van der Waals surface area contributed by atoms with Gasteiger partial charge in [0.05, 0.1) is 6.42 Å². The maximum absolute atomic E-state index is 12.1. The Morgan fingerprint density at radius 2 is 1.55 bits per heavy atom. The van der Waals surface area contributed by atoms with Crippen molar-refractivity contribution in [2.45, 2.75) is 13.0 Å². The molecule has 2 aromatic rings. The summed E-state index contributed by atoms with van der Waals surface area (Å²) in [6, 6.07) is 17.6. The van der Waals surface area contributed by atoms with E-state index in [1.807, 2.05) is 62.6 Å². The molecule has 0 spiro atoms. The van der Waals surface area contributed by atoms with Crippen LogP contribution in [0.4, 0.5) is 5.69 Å². The highest BCUT2D eigenvalue weighted by Crippen LogP contribution is 2.13. The summed E-state index contributed by atoms with van der Waals surface area (Å²) >= 11 is 0. The van der Waals surface area contributed by atoms with Crippen LogP contribution in [0.25, 0.3) is 0 Å². The van der Waals surface area contributed by atoms with Crippen LogP contribution >= 0.6 is 0 Å². The summed E-state index contributed by atoms with van der Waals surface area (Å²) in [6.45, 7) is 0.842. The fourth-order valence-electron chi connectivity index (χ4n) is 2.12. The zero-order chi connectivity index (χ0) is 14.4. The van der Waals surface area contributed by atoms with Crippen molar-refractivity contribution in [1.29, 1.82) is 0 Å². The number of anilines is 1. The smallest absolute Gasteiger partial charge is 0.228 e. The van der Waals surface area contributed by atoms with Crippen LogP contribution in [-0.4, -0.2) is 24.9 Å². The van der Waals surface area contributed by atoms with Crippen LogP contribution in [0.5, 0.6) is 0 Å². The number of carbonyl (C=O) groups is 1. The third-order valence-corrected chi connectivity index (χ3v) is 3.01. The van der Waals surface area contributed by atoms with Crippen LogP contribution in [0.2, 0.25) is 0 Å². The Labute approximate surface area is 120 Å². The first-order chi connectivity index (χ1) is 9.65. The number of para-hydroxylation sites is 1. The van der Waals surface area contributed by atoms with Gasteiger partial charge in [-0.15, -0.1) is 0 Å². The van der Waals surface area contributed by atoms with Crippen LogP contribution in [0.1, 0.15) is 11.1 Å². The van der Waals surface area contributed by atoms with E-state index in [0.717, 1.165) is 17.8 Å². The lowest BCUT2D eigenvalue weighted by Crippen LogP contribution is -2.17. The first-order valence-electron chi connectivity index (χ1n) is 6.71. The molecule has 0 saturated heterocycles. The molecule has 20 heavy (non-hydrogen) atoms. The third-order valence-electron chi connectivity index (χ3n) is 3.01. The van der Waals surface area contributed by atoms with Gasteiger partial charge < -0.3 is 10.2 Å². The molecule has 104 valence electrons. The Bertz CT molecular complexity index is 564. The molecule has 3 nitrogen and oxygen atoms in total. The average molecular weight is 268 g/mol. The second kappa shape index (κ2) is 6.87. The summed E-state index contributed by atoms with van der Waals surface area (Å²) < 4.78 is 0. The molecule has 3 heteroatoms. The average Bonchev–Trinajstić information content (AvgIpc) is 2.41. The van der Waals surface area contributed by atoms with Crippen molar-refractivity contribution >= 4 is 11.6 Å². The molecule has 0 aliphatic rings. The SMILES string of the molecule is CN(C)Cc1ccccc1CC(=O)Nc1ccccc1. The molecule has 0 bridgehead atoms. The number of benzene rings is 2. The van der Waals surface area contributed by atoms with Crippen LogP contribution in [0.15, 0.2) is 54.6 Å². The number of amides is 1. The fourth-order valence-corrected chi connectivity index (χ4v) is 2.12. The van der Waals surface area contributed by atoms with Gasteiger partial charge in [0.1, 0.15) is 0 Å². The van der Waals surface area contributed by atoms with E-state index in [1.165, 1.54) is 5.56 Å². The first kappa shape index (κ1) is 14.3. The molecule has 1 N–H and O–H groups in total. The van der Waals surface area contributed by atoms with Gasteiger partial charge in [0.15, 0.2) is 0 Å². The molecule has 0 aromatic heterocycles. The summed E-state index contributed by atoms with van der Waals surface area (Å²) in [5.74, 6) is 0.0161. The minimum atomic E-state index is 0.0161. The van der Waals surface area contributed by atoms with Gasteiger partial charge in [-0.1, -0.05) is 42.5 Å². The molecule has 2 rings (SSSR count). The standard InChI is InChI=1S/C17H20N2O/c1-19(2)13-15-9-7-6-8-14(15)12-17(20)18-16-10-4-3-5-11-16/h3-11H,12-13H2,1-2H3,(H,18,20). The van der Waals surface area contributed by atoms with Crippen molar-refractivity contribution in [2.75, 3.05) is 19.4 Å². The van der Waals surface area contributed by atoms with E-state index < -0.39 is 0 Å². The molecule has 0 radical (unpaired) electrons. The molecular formula is C17H20N2O. The lowest BCUT2D eigenvalue weighted by atomic mass is 10.0. The van der Waals surface area contributed by atoms with Crippen molar-refractivity contribution in [1.82, 2.24) is 4.90 Å². The number of nitrogens with zero attached hydrogens (tertiary/aromatic N) is 1. The maximum Gasteiger partial charge on any atom is 0.228 e. The quantitative estimate of drug-likeness (QED) is 0.904. The van der Waals surface area contributed by atoms with Crippen molar-refractivity contribution in [3.63, 3.8) is 0 Å². The van der Waals surface area contributed by atoms with E-state index in [-0.39, 0.29) is 5.91 Å². The van der Waals surface area contributed by atoms with E-state index >= 15 is 0 Å². The van der Waals surface area contributed by atoms with E-state index in [1.54, 1.807) is 0 Å². The van der Waals surface area contributed by atoms with Crippen molar-refractivity contribution in [3.05, 3.63) is 65.7 Å². The number of rotatable bonds is 5. The molecule has 0 saturated carbocycles. The van der Waals surface area contributed by atoms with Gasteiger partial charge >= 0.3 is 0 Å². The zero-order valence-corrected chi connectivity index (χ0v) is 12.0. The highest BCUT2D eigenvalue weighted by atomic mass is 16.1. The molecule has 0 atom stereocenters. The largest absolute Gasteiger partial charge is 0.326 e. The molecular weight excluding hydrogens is 248 g/mol. The Morgan fingerprint density at radius 3 is 2.20 bits per heavy atom. The highest BCUT2D eigenvalue weighted by Gasteiger charge is 2.08. The maximum atomic E-state index is 12.1. The Hall–Kier alpha value is -2.13. The molecule has 0 heterocycles. The van der Waals surface area contributed by atoms with Crippen molar-refractivity contribution in [2.24, 2.45) is 0 Å². The lowest BCUT2D eigenvalue weighted by Gasteiger charge is -2.14. The van der Waals surface area contributed by atoms with E-state index in [4.69, 9.17) is 0 Å². The predicted octanol–water partition coefficient (Wildman–Crippen LogP) is 2.93. The number of hydrogen-bond donors (Lipinski definition) is 1. The summed E-state index contributed by atoms with van der Waals surface area (Å²) in [6.07, 6.45) is 0.402. The van der Waals surface area contributed by atoms with Gasteiger partial charge in [0, 0.05) is 12.2 Å². The minimum Gasteiger partial charge on any atom is -0.326 e. The fraction of sp³-hybridized carbons (Fsp3) is 0.235. The van der Waals surface area contributed by atoms with Gasteiger partial charge in [0.2, 0.25) is 5.91 Å². The van der Waals surface area contributed by atoms with E-state index in [9.17, 15) is 4.79 Å². The molecule has 0 fully saturated rings. The van der Waals surface area contributed by atoms with Gasteiger partial charge in [-0.05, 0) is 37.4 Å². The molecule has 2 aromatic carbocycles. The number of carbonyl (C=O) groups excluding carboxylic acids is 1. The lowest BCUT2D eigenvalue weighted by molar-refractivity contribution is -0.115.